The van der Waals surface area contributed by atoms with Gasteiger partial charge in [-0.25, -0.2) is 4.79 Å². The molecule has 0 aliphatic rings. The average molecular weight is 453 g/mol. The van der Waals surface area contributed by atoms with Crippen LogP contribution in [0, 0.1) is 13.8 Å². The highest BCUT2D eigenvalue weighted by Gasteiger charge is 2.20. The predicted octanol–water partition coefficient (Wildman–Crippen LogP) is 6.43. The molecule has 2 aromatic heterocycles. The molecular weight excluding hydrogens is 428 g/mol. The van der Waals surface area contributed by atoms with E-state index in [0.717, 1.165) is 27.6 Å². The van der Waals surface area contributed by atoms with Crippen molar-refractivity contribution in [2.24, 2.45) is 0 Å². The largest absolute Gasteiger partial charge is 0.478 e. The van der Waals surface area contributed by atoms with E-state index in [-0.39, 0.29) is 17.0 Å². The van der Waals surface area contributed by atoms with Crippen molar-refractivity contribution in [1.29, 1.82) is 0 Å². The lowest BCUT2D eigenvalue weighted by atomic mass is 9.98. The van der Waals surface area contributed by atoms with Gasteiger partial charge in [-0.1, -0.05) is 30.3 Å². The number of benzene rings is 3. The monoisotopic (exact) mass is 452 g/mol. The van der Waals surface area contributed by atoms with E-state index in [9.17, 15) is 14.7 Å². The van der Waals surface area contributed by atoms with Gasteiger partial charge in [0.2, 0.25) is 0 Å². The molecule has 0 aliphatic carbocycles. The molecule has 2 heterocycles. The van der Waals surface area contributed by atoms with Crippen LogP contribution in [0.4, 0.5) is 5.69 Å². The number of anilines is 1. The van der Waals surface area contributed by atoms with Gasteiger partial charge in [0, 0.05) is 34.1 Å². The number of H-pyrrole nitrogens is 1. The summed E-state index contributed by atoms with van der Waals surface area (Å²) in [6, 6.07) is 18.2. The minimum Gasteiger partial charge on any atom is -0.478 e. The Kier molecular flexibility index (Phi) is 5.21. The maximum atomic E-state index is 13.4. The van der Waals surface area contributed by atoms with Crippen LogP contribution < -0.4 is 10.7 Å². The molecule has 0 saturated carbocycles. The van der Waals surface area contributed by atoms with Gasteiger partial charge in [0.25, 0.3) is 0 Å². The zero-order valence-electron chi connectivity index (χ0n) is 19.1. The number of aryl methyl sites for hydroxylation is 1. The lowest BCUT2D eigenvalue weighted by molar-refractivity contribution is 0.0698. The topological polar surface area (TPSA) is 95.3 Å². The van der Waals surface area contributed by atoms with E-state index in [4.69, 9.17) is 4.42 Å². The maximum absolute atomic E-state index is 13.4. The summed E-state index contributed by atoms with van der Waals surface area (Å²) < 4.78 is 6.44. The summed E-state index contributed by atoms with van der Waals surface area (Å²) in [6.07, 6.45) is 1.88. The number of nitrogens with one attached hydrogen (secondary N) is 2. The molecule has 0 spiro atoms. The highest BCUT2D eigenvalue weighted by atomic mass is 16.4. The maximum Gasteiger partial charge on any atom is 0.337 e. The zero-order valence-corrected chi connectivity index (χ0v) is 19.1. The lowest BCUT2D eigenvalue weighted by Crippen LogP contribution is -2.14. The van der Waals surface area contributed by atoms with Gasteiger partial charge in [-0.3, -0.25) is 4.79 Å². The molecule has 0 saturated heterocycles. The Morgan fingerprint density at radius 3 is 2.65 bits per heavy atom. The Morgan fingerprint density at radius 2 is 1.85 bits per heavy atom. The van der Waals surface area contributed by atoms with Crippen LogP contribution in [0.1, 0.15) is 40.0 Å². The van der Waals surface area contributed by atoms with E-state index in [2.05, 4.69) is 10.3 Å². The Morgan fingerprint density at radius 1 is 1.06 bits per heavy atom. The van der Waals surface area contributed by atoms with Crippen LogP contribution in [-0.2, 0) is 0 Å². The third-order valence-electron chi connectivity index (χ3n) is 6.21. The minimum absolute atomic E-state index is 0.0779. The molecule has 0 fully saturated rings. The van der Waals surface area contributed by atoms with Crippen molar-refractivity contribution in [3.63, 3.8) is 0 Å². The van der Waals surface area contributed by atoms with Gasteiger partial charge in [-0.15, -0.1) is 0 Å². The quantitative estimate of drug-likeness (QED) is 0.286. The standard InChI is InChI=1S/C28H24N2O4/c1-15-12-21(17(3)30-23-7-5-4-6-20(23)28(32)33)27-22(13-15)25(31)16(2)26(34-27)19-9-8-18-10-11-29-24(18)14-19/h4-14,17,29-30H,1-3H3,(H,32,33). The molecule has 6 heteroatoms. The summed E-state index contributed by atoms with van der Waals surface area (Å²) in [5.74, 6) is -0.481. The average Bonchev–Trinajstić information content (AvgIpc) is 3.29. The minimum atomic E-state index is -1.01. The number of hydrogen-bond acceptors (Lipinski definition) is 4. The Balaban J connectivity index is 1.68. The smallest absolute Gasteiger partial charge is 0.337 e. The van der Waals surface area contributed by atoms with Crippen molar-refractivity contribution in [3.05, 3.63) is 99.3 Å². The van der Waals surface area contributed by atoms with E-state index >= 15 is 0 Å². The van der Waals surface area contributed by atoms with Crippen molar-refractivity contribution < 1.29 is 14.3 Å². The van der Waals surface area contributed by atoms with Gasteiger partial charge in [-0.2, -0.15) is 0 Å². The molecule has 0 amide bonds. The van der Waals surface area contributed by atoms with Crippen molar-refractivity contribution in [1.82, 2.24) is 4.98 Å². The molecule has 5 aromatic rings. The highest BCUT2D eigenvalue weighted by Crippen LogP contribution is 2.33. The third kappa shape index (κ3) is 3.63. The Hall–Kier alpha value is -4.32. The van der Waals surface area contributed by atoms with Crippen LogP contribution in [0.3, 0.4) is 0 Å². The molecule has 0 aliphatic heterocycles. The van der Waals surface area contributed by atoms with Gasteiger partial charge in [0.05, 0.1) is 17.0 Å². The fraction of sp³-hybridized carbons (Fsp3) is 0.143. The normalized spacial score (nSPS) is 12.2. The number of aromatic nitrogens is 1. The van der Waals surface area contributed by atoms with Gasteiger partial charge >= 0.3 is 5.97 Å². The number of carbonyl (C=O) groups is 1. The van der Waals surface area contributed by atoms with Crippen molar-refractivity contribution in [2.75, 3.05) is 5.32 Å². The second-order valence-corrected chi connectivity index (χ2v) is 8.61. The predicted molar refractivity (Wildman–Crippen MR) is 135 cm³/mol. The molecule has 5 rings (SSSR count). The first-order valence-electron chi connectivity index (χ1n) is 11.1. The van der Waals surface area contributed by atoms with E-state index in [1.807, 2.05) is 56.4 Å². The van der Waals surface area contributed by atoms with E-state index in [0.29, 0.717) is 28.0 Å². The van der Waals surface area contributed by atoms with Gasteiger partial charge in [-0.05, 0) is 62.1 Å². The van der Waals surface area contributed by atoms with Crippen LogP contribution in [0.15, 0.2) is 76.1 Å². The molecule has 6 nitrogen and oxygen atoms in total. The first-order chi connectivity index (χ1) is 16.3. The summed E-state index contributed by atoms with van der Waals surface area (Å²) in [5, 5.41) is 14.4. The van der Waals surface area contributed by atoms with Crippen LogP contribution in [-0.4, -0.2) is 16.1 Å². The summed E-state index contributed by atoms with van der Waals surface area (Å²) in [6.45, 7) is 5.65. The van der Waals surface area contributed by atoms with Crippen LogP contribution >= 0.6 is 0 Å². The Bertz CT molecular complexity index is 1630. The molecule has 170 valence electrons. The van der Waals surface area contributed by atoms with Crippen molar-refractivity contribution in [2.45, 2.75) is 26.8 Å². The third-order valence-corrected chi connectivity index (χ3v) is 6.21. The summed E-state index contributed by atoms with van der Waals surface area (Å²) in [5.41, 5.74) is 5.14. The lowest BCUT2D eigenvalue weighted by Gasteiger charge is -2.20. The van der Waals surface area contributed by atoms with Crippen molar-refractivity contribution in [3.8, 4) is 11.3 Å². The molecular formula is C28H24N2O4. The summed E-state index contributed by atoms with van der Waals surface area (Å²) in [7, 11) is 0. The number of carboxylic acids is 1. The molecule has 0 bridgehead atoms. The first-order valence-corrected chi connectivity index (χ1v) is 11.1. The molecule has 3 aromatic carbocycles. The van der Waals surface area contributed by atoms with Gasteiger partial charge in [0.15, 0.2) is 5.43 Å². The van der Waals surface area contributed by atoms with E-state index in [1.54, 1.807) is 31.2 Å². The van der Waals surface area contributed by atoms with Crippen LogP contribution in [0.25, 0.3) is 33.2 Å². The fourth-order valence-electron chi connectivity index (χ4n) is 4.46. The zero-order chi connectivity index (χ0) is 24.0. The second kappa shape index (κ2) is 8.23. The van der Waals surface area contributed by atoms with Crippen LogP contribution in [0.2, 0.25) is 0 Å². The van der Waals surface area contributed by atoms with Crippen LogP contribution in [0.5, 0.6) is 0 Å². The molecule has 3 N–H and O–H groups in total. The van der Waals surface area contributed by atoms with Gasteiger partial charge in [0.1, 0.15) is 11.3 Å². The molecule has 34 heavy (non-hydrogen) atoms. The second-order valence-electron chi connectivity index (χ2n) is 8.61. The number of aromatic amines is 1. The Labute approximate surface area is 195 Å². The molecule has 0 radical (unpaired) electrons. The number of para-hydroxylation sites is 1. The van der Waals surface area contributed by atoms with Gasteiger partial charge < -0.3 is 19.8 Å². The fourth-order valence-corrected chi connectivity index (χ4v) is 4.46. The molecule has 1 atom stereocenters. The number of rotatable bonds is 5. The van der Waals surface area contributed by atoms with E-state index < -0.39 is 5.97 Å². The number of carboxylic acid groups (broad SMARTS) is 1. The number of hydrogen-bond donors (Lipinski definition) is 3. The summed E-state index contributed by atoms with van der Waals surface area (Å²) in [4.78, 5) is 28.3. The first kappa shape index (κ1) is 21.5. The summed E-state index contributed by atoms with van der Waals surface area (Å²) >= 11 is 0. The SMILES string of the molecule is Cc1cc(C(C)Nc2ccccc2C(=O)O)c2oc(-c3ccc4cc[nH]c4c3)c(C)c(=O)c2c1. The van der Waals surface area contributed by atoms with E-state index in [1.165, 1.54) is 0 Å². The number of aromatic carboxylic acids is 1. The highest BCUT2D eigenvalue weighted by molar-refractivity contribution is 5.94. The molecule has 1 unspecified atom stereocenters. The number of fused-ring (bicyclic) bond motifs is 2. The van der Waals surface area contributed by atoms with Crippen molar-refractivity contribution >= 4 is 33.5 Å².